The molecule has 492 valence electrons. The number of benzene rings is 9. The van der Waals surface area contributed by atoms with E-state index < -0.39 is 29.3 Å². The number of carbonyl (C=O) groups is 4. The van der Waals surface area contributed by atoms with Crippen LogP contribution >= 0.6 is 0 Å². The number of hydrogen-bond donors (Lipinski definition) is 5. The second kappa shape index (κ2) is 27.5. The topological polar surface area (TPSA) is 185 Å². The molecule has 0 saturated heterocycles. The van der Waals surface area contributed by atoms with E-state index in [0.29, 0.717) is 59.3 Å². The fraction of sp³-hybridized carbons (Fsp3) is 0.395. The SMILES string of the molecule is CCCCCCCCNC(=N)c1c(C(=O)O)c(Oc2ccc(C(C)(C)C)cc2)c2c3c(Oc4ccc(C(C)(C)C)cc4)cc4c5c(cc(Oc6ccc(C(C)(C)C)cc6)c(c6c(Oc7ccc(C(C)(C)C)cc7)cc(C(=O)NCCCCCCCC)c1c62)c53)C(=O)NC4=O. The molecule has 1 aliphatic rings. The number of rotatable bonds is 25. The maximum absolute atomic E-state index is 15.9. The highest BCUT2D eigenvalue weighted by atomic mass is 16.5. The summed E-state index contributed by atoms with van der Waals surface area (Å²) >= 11 is 0. The first-order valence-electron chi connectivity index (χ1n) is 33.8. The lowest BCUT2D eigenvalue weighted by Gasteiger charge is -2.29. The van der Waals surface area contributed by atoms with E-state index in [1.165, 1.54) is 0 Å². The molecule has 9 aromatic rings. The van der Waals surface area contributed by atoms with Crippen molar-refractivity contribution in [3.63, 3.8) is 0 Å². The highest BCUT2D eigenvalue weighted by molar-refractivity contribution is 6.45. The molecule has 0 saturated carbocycles. The summed E-state index contributed by atoms with van der Waals surface area (Å²) in [6.07, 6.45) is 11.7. The zero-order valence-electron chi connectivity index (χ0n) is 57.6. The molecule has 0 unspecified atom stereocenters. The lowest BCUT2D eigenvalue weighted by molar-refractivity contribution is 0.0692. The molecular formula is C81H94N4O9. The largest absolute Gasteiger partial charge is 0.478 e. The van der Waals surface area contributed by atoms with Crippen LogP contribution in [0, 0.1) is 5.41 Å². The molecule has 0 atom stereocenters. The molecular weight excluding hydrogens is 1170 g/mol. The van der Waals surface area contributed by atoms with Gasteiger partial charge >= 0.3 is 5.97 Å². The molecule has 0 aromatic heterocycles. The van der Waals surface area contributed by atoms with Crippen LogP contribution in [0.2, 0.25) is 0 Å². The number of unbranched alkanes of at least 4 members (excludes halogenated alkanes) is 10. The number of carbonyl (C=O) groups excluding carboxylic acids is 3. The van der Waals surface area contributed by atoms with Gasteiger partial charge in [0.25, 0.3) is 17.7 Å². The average Bonchev–Trinajstić information content (AvgIpc) is 0.674. The number of ether oxygens (including phenoxy) is 4. The number of amidine groups is 1. The molecule has 0 aliphatic carbocycles. The van der Waals surface area contributed by atoms with Gasteiger partial charge in [0.05, 0.1) is 16.7 Å². The highest BCUT2D eigenvalue weighted by Gasteiger charge is 2.39. The quantitative estimate of drug-likeness (QED) is 0.00921. The van der Waals surface area contributed by atoms with Gasteiger partial charge in [-0.3, -0.25) is 25.1 Å². The van der Waals surface area contributed by atoms with Crippen molar-refractivity contribution in [1.29, 1.82) is 5.41 Å². The number of fused-ring (bicyclic) bond motifs is 2. The maximum Gasteiger partial charge on any atom is 0.340 e. The Labute approximate surface area is 554 Å². The van der Waals surface area contributed by atoms with Crippen molar-refractivity contribution in [3.05, 3.63) is 165 Å². The minimum Gasteiger partial charge on any atom is -0.478 e. The minimum absolute atomic E-state index is 0.0427. The smallest absolute Gasteiger partial charge is 0.340 e. The van der Waals surface area contributed by atoms with Gasteiger partial charge in [-0.15, -0.1) is 0 Å². The molecule has 13 heteroatoms. The van der Waals surface area contributed by atoms with Crippen molar-refractivity contribution in [1.82, 2.24) is 16.0 Å². The molecule has 0 fully saturated rings. The fourth-order valence-corrected chi connectivity index (χ4v) is 12.8. The van der Waals surface area contributed by atoms with E-state index in [1.54, 1.807) is 30.3 Å². The van der Waals surface area contributed by atoms with E-state index in [-0.39, 0.29) is 105 Å². The van der Waals surface area contributed by atoms with E-state index in [2.05, 4.69) is 113 Å². The summed E-state index contributed by atoms with van der Waals surface area (Å²) in [7, 11) is 0. The highest BCUT2D eigenvalue weighted by Crippen LogP contribution is 2.58. The molecule has 1 aliphatic heterocycles. The minimum atomic E-state index is -1.44. The zero-order valence-corrected chi connectivity index (χ0v) is 57.6. The normalized spacial score (nSPS) is 12.8. The monoisotopic (exact) mass is 1270 g/mol. The number of hydrogen-bond acceptors (Lipinski definition) is 9. The van der Waals surface area contributed by atoms with E-state index in [4.69, 9.17) is 18.9 Å². The summed E-state index contributed by atoms with van der Waals surface area (Å²) in [4.78, 5) is 60.6. The lowest BCUT2D eigenvalue weighted by Crippen LogP contribution is -2.34. The standard InChI is InChI=1S/C81H94N4O9/c1-15-17-19-21-23-25-43-83-73(82)70-63-58(74(86)84-44-26-24-22-20-18-16-2)47-60(92-53-37-29-49(30-38-53)79(6,7)8)65-64-59(91-52-35-27-48(28-36-52)78(3,4)5)45-56-62-57(76(88)85-75(56)87)46-61(93-54-39-31-50(32-40-54)80(9,10)11)66(67(62)64)69(68(63)65)72(71(70)77(89)90)94-55-41-33-51(34-42-55)81(12,13)14/h27-42,45-47H,15-26,43-44H2,1-14H3,(H2,82,83)(H,84,86)(H,89,90)(H,85,87,88). The zero-order chi connectivity index (χ0) is 67.6. The van der Waals surface area contributed by atoms with Gasteiger partial charge in [-0.2, -0.15) is 0 Å². The summed E-state index contributed by atoms with van der Waals surface area (Å²) in [5.74, 6) is -1.79. The predicted molar refractivity (Wildman–Crippen MR) is 381 cm³/mol. The van der Waals surface area contributed by atoms with Crippen molar-refractivity contribution < 1.29 is 43.2 Å². The van der Waals surface area contributed by atoms with Crippen LogP contribution in [0.4, 0.5) is 0 Å². The predicted octanol–water partition coefficient (Wildman–Crippen LogP) is 21.0. The first-order chi connectivity index (χ1) is 44.6. The van der Waals surface area contributed by atoms with Crippen molar-refractivity contribution >= 4 is 72.6 Å². The Morgan fingerprint density at radius 1 is 0.415 bits per heavy atom. The van der Waals surface area contributed by atoms with E-state index in [9.17, 15) is 20.1 Å². The van der Waals surface area contributed by atoms with Crippen LogP contribution in [0.1, 0.15) is 243 Å². The Kier molecular flexibility index (Phi) is 19.9. The van der Waals surface area contributed by atoms with E-state index in [1.807, 2.05) is 84.9 Å². The second-order valence-electron chi connectivity index (χ2n) is 29.5. The van der Waals surface area contributed by atoms with Gasteiger partial charge in [0.15, 0.2) is 5.75 Å². The number of nitrogens with one attached hydrogen (secondary N) is 4. The number of aromatic carboxylic acids is 1. The van der Waals surface area contributed by atoms with Gasteiger partial charge in [0.2, 0.25) is 0 Å². The third-order valence-corrected chi connectivity index (χ3v) is 18.2. The Bertz CT molecular complexity index is 4290. The third-order valence-electron chi connectivity index (χ3n) is 18.2. The summed E-state index contributed by atoms with van der Waals surface area (Å²) in [6.45, 7) is 30.5. The van der Waals surface area contributed by atoms with Gasteiger partial charge in [-0.05, 0) is 123 Å². The number of carboxylic acid groups (broad SMARTS) is 1. The Balaban J connectivity index is 1.44. The summed E-state index contributed by atoms with van der Waals surface area (Å²) in [5.41, 5.74) is 3.02. The summed E-state index contributed by atoms with van der Waals surface area (Å²) in [5, 5.41) is 33.9. The second-order valence-corrected chi connectivity index (χ2v) is 29.5. The van der Waals surface area contributed by atoms with Crippen LogP contribution in [0.5, 0.6) is 46.0 Å². The number of amides is 3. The molecule has 9 aromatic carbocycles. The van der Waals surface area contributed by atoms with Crippen LogP contribution in [-0.4, -0.2) is 47.7 Å². The van der Waals surface area contributed by atoms with Gasteiger partial charge in [0.1, 0.15) is 51.6 Å². The maximum atomic E-state index is 15.9. The molecule has 94 heavy (non-hydrogen) atoms. The molecule has 1 heterocycles. The van der Waals surface area contributed by atoms with E-state index in [0.717, 1.165) is 86.5 Å². The van der Waals surface area contributed by atoms with Crippen LogP contribution in [0.3, 0.4) is 0 Å². The van der Waals surface area contributed by atoms with Gasteiger partial charge < -0.3 is 34.7 Å². The van der Waals surface area contributed by atoms with Crippen LogP contribution in [0.25, 0.3) is 43.1 Å². The van der Waals surface area contributed by atoms with Gasteiger partial charge in [-0.25, -0.2) is 4.79 Å². The average molecular weight is 1270 g/mol. The van der Waals surface area contributed by atoms with Crippen molar-refractivity contribution in [2.75, 3.05) is 13.1 Å². The Hall–Kier alpha value is -8.97. The third kappa shape index (κ3) is 14.4. The summed E-state index contributed by atoms with van der Waals surface area (Å²) < 4.78 is 29.0. The molecule has 13 nitrogen and oxygen atoms in total. The van der Waals surface area contributed by atoms with Crippen molar-refractivity contribution in [2.45, 2.75) is 196 Å². The van der Waals surface area contributed by atoms with Gasteiger partial charge in [-0.1, -0.05) is 210 Å². The first-order valence-corrected chi connectivity index (χ1v) is 33.8. The molecule has 5 N–H and O–H groups in total. The molecule has 0 radical (unpaired) electrons. The van der Waals surface area contributed by atoms with Crippen molar-refractivity contribution in [3.8, 4) is 46.0 Å². The summed E-state index contributed by atoms with van der Waals surface area (Å²) in [6, 6.07) is 35.6. The van der Waals surface area contributed by atoms with Crippen LogP contribution in [0.15, 0.2) is 115 Å². The first kappa shape index (κ1) is 67.9. The van der Waals surface area contributed by atoms with Crippen molar-refractivity contribution in [2.24, 2.45) is 0 Å². The Morgan fingerprint density at radius 3 is 1.14 bits per heavy atom. The van der Waals surface area contributed by atoms with Gasteiger partial charge in [0, 0.05) is 61.7 Å². The molecule has 3 amide bonds. The molecule has 0 spiro atoms. The van der Waals surface area contributed by atoms with Crippen LogP contribution in [-0.2, 0) is 21.7 Å². The molecule has 10 rings (SSSR count). The van der Waals surface area contributed by atoms with Crippen LogP contribution < -0.4 is 34.9 Å². The lowest BCUT2D eigenvalue weighted by atomic mass is 9.80. The Morgan fingerprint density at radius 2 is 0.755 bits per heavy atom. The number of imide groups is 1. The molecule has 0 bridgehead atoms. The number of carboxylic acids is 1. The van der Waals surface area contributed by atoms with E-state index >= 15 is 9.59 Å². The fourth-order valence-electron chi connectivity index (χ4n) is 12.8.